The summed E-state index contributed by atoms with van der Waals surface area (Å²) in [6.45, 7) is 1.94. The maximum absolute atomic E-state index is 13.8. The van der Waals surface area contributed by atoms with Gasteiger partial charge in [0.05, 0.1) is 25.5 Å². The lowest BCUT2D eigenvalue weighted by molar-refractivity contribution is -0.123. The number of carbonyl (C=O) groups is 3. The van der Waals surface area contributed by atoms with E-state index in [0.717, 1.165) is 25.7 Å². The number of amides is 2. The Morgan fingerprint density at radius 1 is 1.06 bits per heavy atom. The van der Waals surface area contributed by atoms with Gasteiger partial charge in [0, 0.05) is 11.7 Å². The molecule has 8 nitrogen and oxygen atoms in total. The minimum absolute atomic E-state index is 0.0389. The van der Waals surface area contributed by atoms with Crippen LogP contribution in [0.3, 0.4) is 0 Å². The summed E-state index contributed by atoms with van der Waals surface area (Å²) in [5.74, 6) is -0.736. The number of esters is 1. The van der Waals surface area contributed by atoms with Crippen molar-refractivity contribution in [2.75, 3.05) is 18.6 Å². The largest absolute Gasteiger partial charge is 0.497 e. The van der Waals surface area contributed by atoms with Crippen molar-refractivity contribution >= 4 is 23.5 Å². The van der Waals surface area contributed by atoms with Crippen LogP contribution in [0, 0.1) is 0 Å². The van der Waals surface area contributed by atoms with Crippen LogP contribution in [-0.4, -0.2) is 37.5 Å². The molecule has 36 heavy (non-hydrogen) atoms. The Kier molecular flexibility index (Phi) is 8.05. The maximum Gasteiger partial charge on any atom is 0.338 e. The number of benzene rings is 2. The standard InChI is InChI=1S/C28H30N2O6/c1-3-35-28(33)20-10-6-13-22(17-20)30(27(32)24-15-8-16-36-24)25(19-9-7-14-23(18-19)34-2)26(31)29-21-11-4-5-12-21/h6-10,13-18,21,25H,3-5,11-12H2,1-2H3,(H,29,31)/t25-/m1/s1. The van der Waals surface area contributed by atoms with Crippen molar-refractivity contribution in [1.29, 1.82) is 0 Å². The van der Waals surface area contributed by atoms with Crippen molar-refractivity contribution in [3.63, 3.8) is 0 Å². The smallest absolute Gasteiger partial charge is 0.338 e. The predicted molar refractivity (Wildman–Crippen MR) is 134 cm³/mol. The second-order valence-electron chi connectivity index (χ2n) is 8.59. The maximum atomic E-state index is 13.8. The molecule has 3 aromatic rings. The molecule has 8 heteroatoms. The predicted octanol–water partition coefficient (Wildman–Crippen LogP) is 4.91. The zero-order chi connectivity index (χ0) is 25.5. The van der Waals surface area contributed by atoms with Gasteiger partial charge in [-0.2, -0.15) is 0 Å². The molecular weight excluding hydrogens is 460 g/mol. The molecular formula is C28H30N2O6. The number of ether oxygens (including phenoxy) is 2. The third-order valence-corrected chi connectivity index (χ3v) is 6.20. The average Bonchev–Trinajstić information content (AvgIpc) is 3.62. The molecule has 4 rings (SSSR count). The van der Waals surface area contributed by atoms with Crippen LogP contribution in [0.2, 0.25) is 0 Å². The number of hydrogen-bond acceptors (Lipinski definition) is 6. The molecule has 1 atom stereocenters. The first kappa shape index (κ1) is 25.0. The monoisotopic (exact) mass is 490 g/mol. The van der Waals surface area contributed by atoms with Crippen molar-refractivity contribution in [2.45, 2.75) is 44.7 Å². The molecule has 0 aliphatic heterocycles. The number of hydrogen-bond donors (Lipinski definition) is 1. The zero-order valence-electron chi connectivity index (χ0n) is 20.4. The summed E-state index contributed by atoms with van der Waals surface area (Å²) in [5, 5.41) is 3.13. The molecule has 1 heterocycles. The second kappa shape index (κ2) is 11.6. The van der Waals surface area contributed by atoms with Gasteiger partial charge < -0.3 is 19.2 Å². The molecule has 0 unspecified atom stereocenters. The Morgan fingerprint density at radius 3 is 2.53 bits per heavy atom. The summed E-state index contributed by atoms with van der Waals surface area (Å²) < 4.78 is 16.0. The highest BCUT2D eigenvalue weighted by Crippen LogP contribution is 2.33. The fourth-order valence-electron chi connectivity index (χ4n) is 4.48. The molecule has 1 aromatic heterocycles. The first-order chi connectivity index (χ1) is 17.5. The third-order valence-electron chi connectivity index (χ3n) is 6.20. The molecule has 0 bridgehead atoms. The summed E-state index contributed by atoms with van der Waals surface area (Å²) in [4.78, 5) is 41.5. The Hall–Kier alpha value is -4.07. The Balaban J connectivity index is 1.84. The van der Waals surface area contributed by atoms with Gasteiger partial charge in [-0.05, 0) is 67.8 Å². The van der Waals surface area contributed by atoms with Gasteiger partial charge >= 0.3 is 5.97 Å². The number of furan rings is 1. The van der Waals surface area contributed by atoms with Gasteiger partial charge in [-0.1, -0.05) is 31.0 Å². The molecule has 2 aromatic carbocycles. The summed E-state index contributed by atoms with van der Waals surface area (Å²) in [6.07, 6.45) is 5.28. The molecule has 1 N–H and O–H groups in total. The van der Waals surface area contributed by atoms with Gasteiger partial charge in [0.1, 0.15) is 11.8 Å². The highest BCUT2D eigenvalue weighted by atomic mass is 16.5. The van der Waals surface area contributed by atoms with Crippen molar-refractivity contribution < 1.29 is 28.3 Å². The van der Waals surface area contributed by atoms with Gasteiger partial charge in [0.25, 0.3) is 5.91 Å². The van der Waals surface area contributed by atoms with E-state index in [4.69, 9.17) is 13.9 Å². The van der Waals surface area contributed by atoms with Crippen LogP contribution in [0.25, 0.3) is 0 Å². The number of rotatable bonds is 9. The van der Waals surface area contributed by atoms with Crippen LogP contribution < -0.4 is 15.0 Å². The van der Waals surface area contributed by atoms with Gasteiger partial charge in [-0.3, -0.25) is 14.5 Å². The molecule has 1 aliphatic carbocycles. The fourth-order valence-corrected chi connectivity index (χ4v) is 4.48. The van der Waals surface area contributed by atoms with E-state index in [0.29, 0.717) is 17.0 Å². The molecule has 188 valence electrons. The Morgan fingerprint density at radius 2 is 1.83 bits per heavy atom. The van der Waals surface area contributed by atoms with E-state index in [2.05, 4.69) is 5.32 Å². The van der Waals surface area contributed by atoms with Crippen molar-refractivity contribution in [2.24, 2.45) is 0 Å². The fraction of sp³-hybridized carbons (Fsp3) is 0.321. The highest BCUT2D eigenvalue weighted by Gasteiger charge is 2.36. The van der Waals surface area contributed by atoms with Crippen LogP contribution in [-0.2, 0) is 9.53 Å². The Labute approximate surface area is 210 Å². The molecule has 0 saturated heterocycles. The number of nitrogens with one attached hydrogen (secondary N) is 1. The SMILES string of the molecule is CCOC(=O)c1cccc(N(C(=O)c2ccco2)[C@@H](C(=O)NC2CCCC2)c2cccc(OC)c2)c1. The number of methoxy groups -OCH3 is 1. The minimum atomic E-state index is -1.05. The van der Waals surface area contributed by atoms with Gasteiger partial charge in [0.15, 0.2) is 5.76 Å². The third kappa shape index (κ3) is 5.59. The van der Waals surface area contributed by atoms with E-state index in [1.54, 1.807) is 74.7 Å². The summed E-state index contributed by atoms with van der Waals surface area (Å²) in [5.41, 5.74) is 1.19. The van der Waals surface area contributed by atoms with E-state index in [1.807, 2.05) is 0 Å². The van der Waals surface area contributed by atoms with Crippen LogP contribution in [0.4, 0.5) is 5.69 Å². The molecule has 0 radical (unpaired) electrons. The average molecular weight is 491 g/mol. The molecule has 1 saturated carbocycles. The zero-order valence-corrected chi connectivity index (χ0v) is 20.4. The van der Waals surface area contributed by atoms with Crippen LogP contribution >= 0.6 is 0 Å². The molecule has 1 aliphatic rings. The second-order valence-corrected chi connectivity index (χ2v) is 8.59. The van der Waals surface area contributed by atoms with Crippen LogP contribution in [0.5, 0.6) is 5.75 Å². The van der Waals surface area contributed by atoms with Gasteiger partial charge in [0.2, 0.25) is 5.91 Å². The van der Waals surface area contributed by atoms with Crippen LogP contribution in [0.15, 0.2) is 71.3 Å². The van der Waals surface area contributed by atoms with Crippen molar-refractivity contribution in [3.05, 3.63) is 83.8 Å². The van der Waals surface area contributed by atoms with Crippen molar-refractivity contribution in [1.82, 2.24) is 5.32 Å². The highest BCUT2D eigenvalue weighted by molar-refractivity contribution is 6.09. The lowest BCUT2D eigenvalue weighted by Crippen LogP contribution is -2.46. The van der Waals surface area contributed by atoms with Crippen LogP contribution in [0.1, 0.15) is 65.1 Å². The minimum Gasteiger partial charge on any atom is -0.497 e. The van der Waals surface area contributed by atoms with E-state index < -0.39 is 17.9 Å². The van der Waals surface area contributed by atoms with E-state index in [1.165, 1.54) is 11.2 Å². The Bertz CT molecular complexity index is 1200. The first-order valence-corrected chi connectivity index (χ1v) is 12.1. The van der Waals surface area contributed by atoms with E-state index in [-0.39, 0.29) is 29.9 Å². The van der Waals surface area contributed by atoms with Gasteiger partial charge in [-0.25, -0.2) is 4.79 Å². The lowest BCUT2D eigenvalue weighted by atomic mass is 10.0. The topological polar surface area (TPSA) is 98.1 Å². The lowest BCUT2D eigenvalue weighted by Gasteiger charge is -2.32. The number of anilines is 1. The summed E-state index contributed by atoms with van der Waals surface area (Å²) in [6, 6.07) is 15.7. The molecule has 1 fully saturated rings. The normalized spacial score (nSPS) is 14.2. The number of nitrogens with zero attached hydrogens (tertiary/aromatic N) is 1. The van der Waals surface area contributed by atoms with Crippen molar-refractivity contribution in [3.8, 4) is 5.75 Å². The van der Waals surface area contributed by atoms with E-state index >= 15 is 0 Å². The molecule has 0 spiro atoms. The summed E-state index contributed by atoms with van der Waals surface area (Å²) >= 11 is 0. The van der Waals surface area contributed by atoms with Gasteiger partial charge in [-0.15, -0.1) is 0 Å². The number of carbonyl (C=O) groups excluding carboxylic acids is 3. The summed E-state index contributed by atoms with van der Waals surface area (Å²) in [7, 11) is 1.54. The quantitative estimate of drug-likeness (QED) is 0.428. The first-order valence-electron chi connectivity index (χ1n) is 12.1. The molecule has 2 amide bonds. The van der Waals surface area contributed by atoms with E-state index in [9.17, 15) is 14.4 Å².